The van der Waals surface area contributed by atoms with Crippen LogP contribution in [0.25, 0.3) is 0 Å². The molecule has 0 saturated carbocycles. The predicted molar refractivity (Wildman–Crippen MR) is 80.4 cm³/mol. The van der Waals surface area contributed by atoms with Crippen molar-refractivity contribution in [2.24, 2.45) is 0 Å². The standard InChI is InChI=1S/C15H26N4/c1-4-16-15-6-5-13(11-17-15)12-19-9-7-14(8-10-19)18(2)3/h5-6,11,14H,4,7-10,12H2,1-3H3,(H,16,17). The van der Waals surface area contributed by atoms with Crippen molar-refractivity contribution < 1.29 is 0 Å². The first-order chi connectivity index (χ1) is 9.19. The topological polar surface area (TPSA) is 31.4 Å². The van der Waals surface area contributed by atoms with Gasteiger partial charge in [0, 0.05) is 25.3 Å². The van der Waals surface area contributed by atoms with E-state index in [2.05, 4.69) is 53.3 Å². The second-order valence-electron chi connectivity index (χ2n) is 5.55. The first kappa shape index (κ1) is 14.3. The fraction of sp³-hybridized carbons (Fsp3) is 0.667. The van der Waals surface area contributed by atoms with Crippen molar-refractivity contribution >= 4 is 5.82 Å². The zero-order valence-corrected chi connectivity index (χ0v) is 12.4. The minimum atomic E-state index is 0.755. The Morgan fingerprint density at radius 2 is 2.05 bits per heavy atom. The Bertz CT molecular complexity index is 366. The van der Waals surface area contributed by atoms with Crippen LogP contribution in [0.3, 0.4) is 0 Å². The van der Waals surface area contributed by atoms with Crippen molar-refractivity contribution in [2.45, 2.75) is 32.4 Å². The maximum atomic E-state index is 4.43. The fourth-order valence-corrected chi connectivity index (χ4v) is 2.66. The molecule has 1 aromatic rings. The zero-order chi connectivity index (χ0) is 13.7. The van der Waals surface area contributed by atoms with Crippen molar-refractivity contribution in [1.29, 1.82) is 0 Å². The molecule has 0 aromatic carbocycles. The van der Waals surface area contributed by atoms with E-state index in [1.165, 1.54) is 31.5 Å². The van der Waals surface area contributed by atoms with Crippen molar-refractivity contribution in [3.63, 3.8) is 0 Å². The Morgan fingerprint density at radius 1 is 1.32 bits per heavy atom. The number of nitrogens with one attached hydrogen (secondary N) is 1. The molecule has 1 saturated heterocycles. The summed E-state index contributed by atoms with van der Waals surface area (Å²) in [6.07, 6.45) is 4.54. The minimum Gasteiger partial charge on any atom is -0.370 e. The highest BCUT2D eigenvalue weighted by atomic mass is 15.2. The van der Waals surface area contributed by atoms with Crippen LogP contribution in [0.2, 0.25) is 0 Å². The average Bonchev–Trinajstić information content (AvgIpc) is 2.42. The van der Waals surface area contributed by atoms with E-state index in [9.17, 15) is 0 Å². The normalized spacial score (nSPS) is 17.9. The number of piperidine rings is 1. The van der Waals surface area contributed by atoms with E-state index in [-0.39, 0.29) is 0 Å². The smallest absolute Gasteiger partial charge is 0.125 e. The lowest BCUT2D eigenvalue weighted by molar-refractivity contribution is 0.140. The Labute approximate surface area is 116 Å². The van der Waals surface area contributed by atoms with Crippen LogP contribution in [0.15, 0.2) is 18.3 Å². The van der Waals surface area contributed by atoms with E-state index in [1.807, 2.05) is 6.20 Å². The van der Waals surface area contributed by atoms with Gasteiger partial charge >= 0.3 is 0 Å². The first-order valence-corrected chi connectivity index (χ1v) is 7.26. The van der Waals surface area contributed by atoms with E-state index in [0.717, 1.165) is 24.9 Å². The Morgan fingerprint density at radius 3 is 2.58 bits per heavy atom. The number of pyridine rings is 1. The van der Waals surface area contributed by atoms with Gasteiger partial charge in [0.15, 0.2) is 0 Å². The summed E-state index contributed by atoms with van der Waals surface area (Å²) in [4.78, 5) is 9.31. The van der Waals surface area contributed by atoms with Gasteiger partial charge in [-0.1, -0.05) is 6.07 Å². The van der Waals surface area contributed by atoms with Gasteiger partial charge in [-0.3, -0.25) is 4.90 Å². The molecular formula is C15H26N4. The zero-order valence-electron chi connectivity index (χ0n) is 12.4. The number of nitrogens with zero attached hydrogens (tertiary/aromatic N) is 3. The molecule has 19 heavy (non-hydrogen) atoms. The fourth-order valence-electron chi connectivity index (χ4n) is 2.66. The van der Waals surface area contributed by atoms with Gasteiger partial charge in [-0.05, 0) is 58.6 Å². The van der Waals surface area contributed by atoms with Crippen LogP contribution in [0, 0.1) is 0 Å². The van der Waals surface area contributed by atoms with Gasteiger partial charge in [-0.15, -0.1) is 0 Å². The summed E-state index contributed by atoms with van der Waals surface area (Å²) in [6.45, 7) is 6.42. The summed E-state index contributed by atoms with van der Waals surface area (Å²) in [5.41, 5.74) is 1.31. The number of likely N-dealkylation sites (tertiary alicyclic amines) is 1. The molecule has 1 aromatic heterocycles. The third-order valence-corrected chi connectivity index (χ3v) is 3.88. The number of hydrogen-bond donors (Lipinski definition) is 1. The van der Waals surface area contributed by atoms with Crippen LogP contribution >= 0.6 is 0 Å². The molecule has 4 heteroatoms. The van der Waals surface area contributed by atoms with Gasteiger partial charge in [-0.25, -0.2) is 4.98 Å². The third kappa shape index (κ3) is 4.18. The number of rotatable bonds is 5. The lowest BCUT2D eigenvalue weighted by Gasteiger charge is -2.35. The Hall–Kier alpha value is -1.13. The molecule has 0 unspecified atom stereocenters. The first-order valence-electron chi connectivity index (χ1n) is 7.26. The highest BCUT2D eigenvalue weighted by Gasteiger charge is 2.20. The largest absolute Gasteiger partial charge is 0.370 e. The molecule has 2 rings (SSSR count). The summed E-state index contributed by atoms with van der Waals surface area (Å²) < 4.78 is 0. The average molecular weight is 262 g/mol. The molecule has 0 atom stereocenters. The SMILES string of the molecule is CCNc1ccc(CN2CCC(N(C)C)CC2)cn1. The number of aromatic nitrogens is 1. The molecule has 1 aliphatic rings. The Balaban J connectivity index is 1.82. The predicted octanol–water partition coefficient (Wildman–Crippen LogP) is 2.04. The maximum Gasteiger partial charge on any atom is 0.125 e. The summed E-state index contributed by atoms with van der Waals surface area (Å²) in [5.74, 6) is 0.970. The van der Waals surface area contributed by atoms with Crippen LogP contribution < -0.4 is 5.32 Å². The second-order valence-corrected chi connectivity index (χ2v) is 5.55. The molecule has 1 fully saturated rings. The molecule has 4 nitrogen and oxygen atoms in total. The third-order valence-electron chi connectivity index (χ3n) is 3.88. The second kappa shape index (κ2) is 6.87. The molecule has 0 aliphatic carbocycles. The number of anilines is 1. The highest BCUT2D eigenvalue weighted by molar-refractivity contribution is 5.35. The molecule has 0 amide bonds. The molecule has 2 heterocycles. The molecule has 0 bridgehead atoms. The van der Waals surface area contributed by atoms with Gasteiger partial charge in [0.25, 0.3) is 0 Å². The van der Waals surface area contributed by atoms with Crippen LogP contribution in [0.1, 0.15) is 25.3 Å². The van der Waals surface area contributed by atoms with Gasteiger partial charge in [0.2, 0.25) is 0 Å². The molecule has 1 N–H and O–H groups in total. The highest BCUT2D eigenvalue weighted by Crippen LogP contribution is 2.16. The Kier molecular flexibility index (Phi) is 5.16. The molecule has 0 spiro atoms. The van der Waals surface area contributed by atoms with E-state index >= 15 is 0 Å². The van der Waals surface area contributed by atoms with Crippen molar-refractivity contribution in [1.82, 2.24) is 14.8 Å². The quantitative estimate of drug-likeness (QED) is 0.880. The van der Waals surface area contributed by atoms with E-state index in [4.69, 9.17) is 0 Å². The van der Waals surface area contributed by atoms with E-state index in [0.29, 0.717) is 0 Å². The van der Waals surface area contributed by atoms with E-state index in [1.54, 1.807) is 0 Å². The van der Waals surface area contributed by atoms with Crippen molar-refractivity contribution in [3.8, 4) is 0 Å². The van der Waals surface area contributed by atoms with Crippen LogP contribution in [-0.4, -0.2) is 54.6 Å². The summed E-state index contributed by atoms with van der Waals surface area (Å²) in [6, 6.07) is 5.01. The lowest BCUT2D eigenvalue weighted by Crippen LogP contribution is -2.41. The van der Waals surface area contributed by atoms with Crippen molar-refractivity contribution in [3.05, 3.63) is 23.9 Å². The van der Waals surface area contributed by atoms with E-state index < -0.39 is 0 Å². The van der Waals surface area contributed by atoms with Crippen LogP contribution in [-0.2, 0) is 6.54 Å². The van der Waals surface area contributed by atoms with Crippen molar-refractivity contribution in [2.75, 3.05) is 39.0 Å². The number of hydrogen-bond acceptors (Lipinski definition) is 4. The molecule has 1 aliphatic heterocycles. The summed E-state index contributed by atoms with van der Waals surface area (Å²) in [7, 11) is 4.37. The van der Waals surface area contributed by atoms with Gasteiger partial charge in [-0.2, -0.15) is 0 Å². The van der Waals surface area contributed by atoms with Gasteiger partial charge in [0.05, 0.1) is 0 Å². The molecule has 0 radical (unpaired) electrons. The monoisotopic (exact) mass is 262 g/mol. The molecular weight excluding hydrogens is 236 g/mol. The van der Waals surface area contributed by atoms with Crippen LogP contribution in [0.4, 0.5) is 5.82 Å². The lowest BCUT2D eigenvalue weighted by atomic mass is 10.0. The van der Waals surface area contributed by atoms with Gasteiger partial charge < -0.3 is 10.2 Å². The maximum absolute atomic E-state index is 4.43. The van der Waals surface area contributed by atoms with Gasteiger partial charge in [0.1, 0.15) is 5.82 Å². The summed E-state index contributed by atoms with van der Waals surface area (Å²) in [5, 5.41) is 3.23. The van der Waals surface area contributed by atoms with Crippen LogP contribution in [0.5, 0.6) is 0 Å². The summed E-state index contributed by atoms with van der Waals surface area (Å²) >= 11 is 0. The minimum absolute atomic E-state index is 0.755. The molecule has 106 valence electrons.